The Hall–Kier alpha value is -3.43. The number of morpholine rings is 1. The van der Waals surface area contributed by atoms with Crippen molar-refractivity contribution in [3.63, 3.8) is 0 Å². The molecule has 3 N–H and O–H groups in total. The summed E-state index contributed by atoms with van der Waals surface area (Å²) in [5, 5.41) is 23.3. The smallest absolute Gasteiger partial charge is 0.334 e. The van der Waals surface area contributed by atoms with Gasteiger partial charge in [0.1, 0.15) is 0 Å². The number of hydrogen-bond donors (Lipinski definition) is 3. The van der Waals surface area contributed by atoms with Gasteiger partial charge in [-0.05, 0) is 38.0 Å². The molecule has 0 radical (unpaired) electrons. The predicted octanol–water partition coefficient (Wildman–Crippen LogP) is 2.37. The molecule has 1 atom stereocenters. The van der Waals surface area contributed by atoms with E-state index in [1.165, 1.54) is 0 Å². The van der Waals surface area contributed by atoms with E-state index in [0.29, 0.717) is 60.9 Å². The van der Waals surface area contributed by atoms with Gasteiger partial charge in [0.25, 0.3) is 0 Å². The minimum absolute atomic E-state index is 0.0240. The van der Waals surface area contributed by atoms with Crippen molar-refractivity contribution in [3.8, 4) is 0 Å². The fourth-order valence-electron chi connectivity index (χ4n) is 4.29. The first-order chi connectivity index (χ1) is 16.2. The van der Waals surface area contributed by atoms with Crippen LogP contribution in [0, 0.1) is 0 Å². The number of carboxylic acid groups (broad SMARTS) is 2. The van der Waals surface area contributed by atoms with Crippen molar-refractivity contribution in [2.75, 3.05) is 39.5 Å². The Balaban J connectivity index is 2.16. The number of aliphatic carboxylic acids is 2. The van der Waals surface area contributed by atoms with E-state index in [1.807, 2.05) is 0 Å². The Labute approximate surface area is 198 Å². The molecule has 1 aromatic rings. The van der Waals surface area contributed by atoms with E-state index < -0.39 is 23.8 Å². The minimum Gasteiger partial charge on any atom is -0.478 e. The monoisotopic (exact) mass is 470 g/mol. The van der Waals surface area contributed by atoms with Crippen molar-refractivity contribution in [3.05, 3.63) is 63.5 Å². The molecule has 2 heterocycles. The summed E-state index contributed by atoms with van der Waals surface area (Å²) in [6.45, 7) is 7.90. The summed E-state index contributed by atoms with van der Waals surface area (Å²) in [6.07, 6.45) is 1.60. The van der Waals surface area contributed by atoms with Crippen LogP contribution >= 0.6 is 0 Å². The first-order valence-electron chi connectivity index (χ1n) is 11.2. The predicted molar refractivity (Wildman–Crippen MR) is 125 cm³/mol. The molecule has 0 bridgehead atoms. The fourth-order valence-corrected chi connectivity index (χ4v) is 4.29. The Bertz CT molecular complexity index is 1060. The SMILES string of the molecule is CCOC(=O)C(C)=Cc1ccccc1C1C(C(=O)O)=C(C)NC(CN2CCOCC2)=C1C(=O)O. The Morgan fingerprint density at radius 3 is 2.41 bits per heavy atom. The van der Waals surface area contributed by atoms with Crippen molar-refractivity contribution in [2.45, 2.75) is 26.7 Å². The number of carboxylic acids is 2. The van der Waals surface area contributed by atoms with Crippen molar-refractivity contribution < 1.29 is 34.1 Å². The van der Waals surface area contributed by atoms with Crippen molar-refractivity contribution in [2.24, 2.45) is 0 Å². The van der Waals surface area contributed by atoms with Crippen LogP contribution in [0.3, 0.4) is 0 Å². The number of dihydropyridines is 1. The molecule has 0 aromatic heterocycles. The molecule has 1 unspecified atom stereocenters. The second-order valence-electron chi connectivity index (χ2n) is 8.16. The van der Waals surface area contributed by atoms with Gasteiger partial charge in [0.15, 0.2) is 0 Å². The Kier molecular flexibility index (Phi) is 8.25. The van der Waals surface area contributed by atoms with Crippen LogP contribution in [0.2, 0.25) is 0 Å². The van der Waals surface area contributed by atoms with Crippen molar-refractivity contribution >= 4 is 24.0 Å². The number of esters is 1. The highest BCUT2D eigenvalue weighted by atomic mass is 16.5. The summed E-state index contributed by atoms with van der Waals surface area (Å²) in [5.74, 6) is -3.93. The lowest BCUT2D eigenvalue weighted by atomic mass is 9.78. The van der Waals surface area contributed by atoms with Gasteiger partial charge in [-0.15, -0.1) is 0 Å². The molecular formula is C25H30N2O7. The second-order valence-corrected chi connectivity index (χ2v) is 8.16. The quantitative estimate of drug-likeness (QED) is 0.388. The van der Waals surface area contributed by atoms with Crippen LogP contribution in [-0.4, -0.2) is 72.5 Å². The average Bonchev–Trinajstić information content (AvgIpc) is 2.79. The summed E-state index contributed by atoms with van der Waals surface area (Å²) in [4.78, 5) is 39.1. The number of benzene rings is 1. The third-order valence-electron chi connectivity index (χ3n) is 5.87. The molecule has 1 fully saturated rings. The van der Waals surface area contributed by atoms with Crippen LogP contribution in [0.5, 0.6) is 0 Å². The molecule has 1 saturated heterocycles. The average molecular weight is 471 g/mol. The first kappa shape index (κ1) is 25.2. The van der Waals surface area contributed by atoms with E-state index >= 15 is 0 Å². The van der Waals surface area contributed by atoms with E-state index in [-0.39, 0.29) is 17.8 Å². The maximum atomic E-state index is 12.5. The highest BCUT2D eigenvalue weighted by molar-refractivity contribution is 5.99. The van der Waals surface area contributed by atoms with Crippen LogP contribution in [0.1, 0.15) is 37.8 Å². The summed E-state index contributed by atoms with van der Waals surface area (Å²) < 4.78 is 10.4. The number of carbonyl (C=O) groups is 3. The highest BCUT2D eigenvalue weighted by Crippen LogP contribution is 2.40. The zero-order valence-electron chi connectivity index (χ0n) is 19.6. The zero-order valence-corrected chi connectivity index (χ0v) is 19.6. The molecular weight excluding hydrogens is 440 g/mol. The maximum Gasteiger partial charge on any atom is 0.334 e. The number of rotatable bonds is 8. The Morgan fingerprint density at radius 1 is 1.15 bits per heavy atom. The molecule has 0 spiro atoms. The normalized spacial score (nSPS) is 19.6. The summed E-state index contributed by atoms with van der Waals surface area (Å²) in [7, 11) is 0. The maximum absolute atomic E-state index is 12.5. The molecule has 0 aliphatic carbocycles. The lowest BCUT2D eigenvalue weighted by molar-refractivity contribution is -0.138. The second kappa shape index (κ2) is 11.1. The van der Waals surface area contributed by atoms with E-state index in [1.54, 1.807) is 51.1 Å². The molecule has 182 valence electrons. The number of nitrogens with one attached hydrogen (secondary N) is 1. The molecule has 34 heavy (non-hydrogen) atoms. The summed E-state index contributed by atoms with van der Waals surface area (Å²) in [6, 6.07) is 6.91. The largest absolute Gasteiger partial charge is 0.478 e. The lowest BCUT2D eigenvalue weighted by Crippen LogP contribution is -2.42. The minimum atomic E-state index is -1.21. The van der Waals surface area contributed by atoms with Crippen LogP contribution < -0.4 is 5.32 Å². The third-order valence-corrected chi connectivity index (χ3v) is 5.87. The van der Waals surface area contributed by atoms with Gasteiger partial charge in [0, 0.05) is 36.6 Å². The van der Waals surface area contributed by atoms with Crippen molar-refractivity contribution in [1.82, 2.24) is 10.2 Å². The molecule has 1 aromatic carbocycles. The fraction of sp³-hybridized carbons (Fsp3) is 0.400. The topological polar surface area (TPSA) is 125 Å². The summed E-state index contributed by atoms with van der Waals surface area (Å²) in [5.41, 5.74) is 2.13. The van der Waals surface area contributed by atoms with Crippen LogP contribution in [0.4, 0.5) is 0 Å². The van der Waals surface area contributed by atoms with Gasteiger partial charge in [0.2, 0.25) is 0 Å². The first-order valence-corrected chi connectivity index (χ1v) is 11.2. The zero-order chi connectivity index (χ0) is 24.8. The van der Waals surface area contributed by atoms with E-state index in [2.05, 4.69) is 10.2 Å². The van der Waals surface area contributed by atoms with Gasteiger partial charge in [-0.1, -0.05) is 24.3 Å². The van der Waals surface area contributed by atoms with E-state index in [0.717, 1.165) is 0 Å². The van der Waals surface area contributed by atoms with Crippen LogP contribution in [-0.2, 0) is 23.9 Å². The van der Waals surface area contributed by atoms with E-state index in [4.69, 9.17) is 9.47 Å². The number of ether oxygens (including phenoxy) is 2. The van der Waals surface area contributed by atoms with Gasteiger partial charge >= 0.3 is 17.9 Å². The number of nitrogens with zero attached hydrogens (tertiary/aromatic N) is 1. The van der Waals surface area contributed by atoms with Gasteiger partial charge < -0.3 is 25.0 Å². The van der Waals surface area contributed by atoms with Crippen molar-refractivity contribution in [1.29, 1.82) is 0 Å². The van der Waals surface area contributed by atoms with Crippen LogP contribution in [0.15, 0.2) is 52.4 Å². The van der Waals surface area contributed by atoms with Gasteiger partial charge in [-0.2, -0.15) is 0 Å². The molecule has 0 amide bonds. The van der Waals surface area contributed by atoms with Crippen LogP contribution in [0.25, 0.3) is 6.08 Å². The molecule has 2 aliphatic rings. The molecule has 3 rings (SSSR count). The molecule has 9 nitrogen and oxygen atoms in total. The standard InChI is InChI=1S/C25H30N2O7/c1-4-34-25(32)15(2)13-17-7-5-6-8-18(17)21-20(23(28)29)16(3)26-19(22(21)24(30)31)14-27-9-11-33-12-10-27/h5-8,13,21,26H,4,9-12,14H2,1-3H3,(H,28,29)(H,30,31). The number of carbonyl (C=O) groups excluding carboxylic acids is 1. The Morgan fingerprint density at radius 2 is 1.79 bits per heavy atom. The number of allylic oxidation sites excluding steroid dienone is 1. The third kappa shape index (κ3) is 5.55. The van der Waals surface area contributed by atoms with Gasteiger partial charge in [-0.3, -0.25) is 4.90 Å². The van der Waals surface area contributed by atoms with Gasteiger partial charge in [0.05, 0.1) is 36.9 Å². The van der Waals surface area contributed by atoms with Gasteiger partial charge in [-0.25, -0.2) is 14.4 Å². The van der Waals surface area contributed by atoms with E-state index in [9.17, 15) is 24.6 Å². The molecule has 9 heteroatoms. The number of hydrogen-bond acceptors (Lipinski definition) is 7. The molecule has 2 aliphatic heterocycles. The highest BCUT2D eigenvalue weighted by Gasteiger charge is 2.38. The molecule has 0 saturated carbocycles. The summed E-state index contributed by atoms with van der Waals surface area (Å²) >= 11 is 0. The lowest BCUT2D eigenvalue weighted by Gasteiger charge is -2.34.